The number of hydrogen-bond acceptors (Lipinski definition) is 4. The van der Waals surface area contributed by atoms with Gasteiger partial charge in [-0.2, -0.15) is 0 Å². The molecule has 1 aliphatic heterocycles. The summed E-state index contributed by atoms with van der Waals surface area (Å²) in [5.74, 6) is -0.478. The van der Waals surface area contributed by atoms with Gasteiger partial charge in [-0.05, 0) is 25.0 Å². The Labute approximate surface area is 115 Å². The lowest BCUT2D eigenvalue weighted by Gasteiger charge is -2.11. The lowest BCUT2D eigenvalue weighted by molar-refractivity contribution is 0.0161. The number of rotatable bonds is 3. The average molecular weight is 290 g/mol. The highest BCUT2D eigenvalue weighted by molar-refractivity contribution is 6.39. The second-order valence-electron chi connectivity index (χ2n) is 4.09. The molecule has 1 aromatic carbocycles. The van der Waals surface area contributed by atoms with Crippen molar-refractivity contribution in [3.8, 4) is 0 Å². The Kier molecular flexibility index (Phi) is 4.32. The van der Waals surface area contributed by atoms with E-state index in [1.807, 2.05) is 0 Å². The van der Waals surface area contributed by atoms with Crippen molar-refractivity contribution in [1.82, 2.24) is 0 Å². The summed E-state index contributed by atoms with van der Waals surface area (Å²) in [6.45, 7) is 0.972. The molecule has 18 heavy (non-hydrogen) atoms. The molecule has 1 fully saturated rings. The van der Waals surface area contributed by atoms with Crippen LogP contribution < -0.4 is 5.73 Å². The molecule has 0 radical (unpaired) electrons. The van der Waals surface area contributed by atoms with E-state index in [2.05, 4.69) is 0 Å². The predicted molar refractivity (Wildman–Crippen MR) is 70.1 cm³/mol. The lowest BCUT2D eigenvalue weighted by atomic mass is 10.2. The summed E-state index contributed by atoms with van der Waals surface area (Å²) in [6, 6.07) is 2.89. The van der Waals surface area contributed by atoms with Gasteiger partial charge in [-0.1, -0.05) is 23.2 Å². The molecule has 0 amide bonds. The van der Waals surface area contributed by atoms with Crippen LogP contribution in [0.25, 0.3) is 0 Å². The molecule has 4 nitrogen and oxygen atoms in total. The zero-order valence-corrected chi connectivity index (χ0v) is 11.1. The van der Waals surface area contributed by atoms with Crippen LogP contribution in [0.5, 0.6) is 0 Å². The third-order valence-corrected chi connectivity index (χ3v) is 3.36. The summed E-state index contributed by atoms with van der Waals surface area (Å²) in [5, 5.41) is 0.484. The summed E-state index contributed by atoms with van der Waals surface area (Å²) < 4.78 is 10.5. The topological polar surface area (TPSA) is 61.6 Å². The molecule has 0 aromatic heterocycles. The van der Waals surface area contributed by atoms with Gasteiger partial charge < -0.3 is 15.2 Å². The number of benzene rings is 1. The van der Waals surface area contributed by atoms with Gasteiger partial charge in [0.15, 0.2) is 0 Å². The van der Waals surface area contributed by atoms with Crippen LogP contribution >= 0.6 is 23.2 Å². The Balaban J connectivity index is 2.00. The predicted octanol–water partition coefficient (Wildman–Crippen LogP) is 2.91. The van der Waals surface area contributed by atoms with Gasteiger partial charge in [-0.25, -0.2) is 4.79 Å². The number of ether oxygens (including phenoxy) is 2. The van der Waals surface area contributed by atoms with Crippen LogP contribution in [0.3, 0.4) is 0 Å². The Bertz CT molecular complexity index is 436. The average Bonchev–Trinajstić information content (AvgIpc) is 2.85. The van der Waals surface area contributed by atoms with Crippen molar-refractivity contribution in [3.63, 3.8) is 0 Å². The smallest absolute Gasteiger partial charge is 0.338 e. The summed E-state index contributed by atoms with van der Waals surface area (Å²) >= 11 is 11.7. The minimum Gasteiger partial charge on any atom is -0.459 e. The van der Waals surface area contributed by atoms with Crippen molar-refractivity contribution >= 4 is 34.9 Å². The summed E-state index contributed by atoms with van der Waals surface area (Å²) in [6.07, 6.45) is 1.91. The Hall–Kier alpha value is -0.970. The molecule has 0 aliphatic carbocycles. The molecule has 0 spiro atoms. The fourth-order valence-electron chi connectivity index (χ4n) is 1.73. The van der Waals surface area contributed by atoms with Gasteiger partial charge in [0.25, 0.3) is 0 Å². The van der Waals surface area contributed by atoms with Crippen LogP contribution in [-0.2, 0) is 9.47 Å². The van der Waals surface area contributed by atoms with Gasteiger partial charge in [0, 0.05) is 6.61 Å². The molecule has 1 saturated heterocycles. The van der Waals surface area contributed by atoms with Crippen molar-refractivity contribution in [3.05, 3.63) is 27.7 Å². The van der Waals surface area contributed by atoms with E-state index in [9.17, 15) is 4.79 Å². The van der Waals surface area contributed by atoms with Crippen LogP contribution in [-0.4, -0.2) is 25.3 Å². The molecular formula is C12H13Cl2NO3. The molecule has 1 heterocycles. The van der Waals surface area contributed by atoms with Crippen molar-refractivity contribution in [1.29, 1.82) is 0 Å². The third-order valence-electron chi connectivity index (χ3n) is 2.74. The first-order valence-corrected chi connectivity index (χ1v) is 6.37. The van der Waals surface area contributed by atoms with Gasteiger partial charge in [0.1, 0.15) is 6.61 Å². The monoisotopic (exact) mass is 289 g/mol. The van der Waals surface area contributed by atoms with Crippen LogP contribution in [0.1, 0.15) is 23.2 Å². The highest BCUT2D eigenvalue weighted by Gasteiger charge is 2.19. The van der Waals surface area contributed by atoms with E-state index in [0.717, 1.165) is 19.4 Å². The molecule has 1 aliphatic rings. The summed E-state index contributed by atoms with van der Waals surface area (Å²) in [5.41, 5.74) is 6.14. The maximum absolute atomic E-state index is 11.8. The van der Waals surface area contributed by atoms with Crippen molar-refractivity contribution in [2.24, 2.45) is 0 Å². The zero-order valence-electron chi connectivity index (χ0n) is 9.62. The Morgan fingerprint density at radius 3 is 2.67 bits per heavy atom. The number of esters is 1. The maximum Gasteiger partial charge on any atom is 0.338 e. The molecule has 98 valence electrons. The second kappa shape index (κ2) is 5.78. The highest BCUT2D eigenvalue weighted by Crippen LogP contribution is 2.29. The Morgan fingerprint density at radius 2 is 2.11 bits per heavy atom. The quantitative estimate of drug-likeness (QED) is 0.686. The third kappa shape index (κ3) is 3.07. The molecule has 1 atom stereocenters. The molecule has 1 unspecified atom stereocenters. The minimum atomic E-state index is -0.478. The lowest BCUT2D eigenvalue weighted by Crippen LogP contribution is -2.18. The second-order valence-corrected chi connectivity index (χ2v) is 4.90. The van der Waals surface area contributed by atoms with E-state index in [4.69, 9.17) is 38.4 Å². The summed E-state index contributed by atoms with van der Waals surface area (Å²) in [7, 11) is 0. The number of carbonyl (C=O) groups is 1. The van der Waals surface area contributed by atoms with Gasteiger partial charge in [-0.3, -0.25) is 0 Å². The SMILES string of the molecule is Nc1c(Cl)cc(C(=O)OCC2CCCO2)cc1Cl. The largest absolute Gasteiger partial charge is 0.459 e. The molecule has 0 saturated carbocycles. The number of hydrogen-bond donors (Lipinski definition) is 1. The zero-order chi connectivity index (χ0) is 13.1. The normalized spacial score (nSPS) is 18.9. The van der Waals surface area contributed by atoms with E-state index in [-0.39, 0.29) is 34.0 Å². The molecular weight excluding hydrogens is 277 g/mol. The van der Waals surface area contributed by atoms with E-state index in [1.54, 1.807) is 0 Å². The Morgan fingerprint density at radius 1 is 1.44 bits per heavy atom. The summed E-state index contributed by atoms with van der Waals surface area (Å²) in [4.78, 5) is 11.8. The highest BCUT2D eigenvalue weighted by atomic mass is 35.5. The van der Waals surface area contributed by atoms with E-state index >= 15 is 0 Å². The van der Waals surface area contributed by atoms with Gasteiger partial charge >= 0.3 is 5.97 Å². The van der Waals surface area contributed by atoms with Crippen LogP contribution in [0.2, 0.25) is 10.0 Å². The standard InChI is InChI=1S/C12H13Cl2NO3/c13-9-4-7(5-10(14)11(9)15)12(16)18-6-8-2-1-3-17-8/h4-5,8H,1-3,6,15H2. The molecule has 1 aromatic rings. The number of anilines is 1. The van der Waals surface area contributed by atoms with Gasteiger partial charge in [0.2, 0.25) is 0 Å². The fraction of sp³-hybridized carbons (Fsp3) is 0.417. The molecule has 0 bridgehead atoms. The fourth-order valence-corrected chi connectivity index (χ4v) is 2.22. The van der Waals surface area contributed by atoms with Crippen LogP contribution in [0, 0.1) is 0 Å². The molecule has 6 heteroatoms. The van der Waals surface area contributed by atoms with Crippen molar-refractivity contribution < 1.29 is 14.3 Å². The van der Waals surface area contributed by atoms with Crippen molar-refractivity contribution in [2.75, 3.05) is 18.9 Å². The number of nitrogen functional groups attached to an aromatic ring is 1. The first-order chi connectivity index (χ1) is 8.58. The number of nitrogens with two attached hydrogens (primary N) is 1. The van der Waals surface area contributed by atoms with E-state index in [1.165, 1.54) is 12.1 Å². The van der Waals surface area contributed by atoms with Crippen molar-refractivity contribution in [2.45, 2.75) is 18.9 Å². The molecule has 2 N–H and O–H groups in total. The minimum absolute atomic E-state index is 0.00586. The van der Waals surface area contributed by atoms with Gasteiger partial charge in [0.05, 0.1) is 27.4 Å². The first kappa shape index (κ1) is 13.5. The first-order valence-electron chi connectivity index (χ1n) is 5.61. The van der Waals surface area contributed by atoms with Crippen LogP contribution in [0.15, 0.2) is 12.1 Å². The molecule has 2 rings (SSSR count). The maximum atomic E-state index is 11.8. The van der Waals surface area contributed by atoms with Crippen LogP contribution in [0.4, 0.5) is 5.69 Å². The van der Waals surface area contributed by atoms with E-state index in [0.29, 0.717) is 0 Å². The number of carbonyl (C=O) groups excluding carboxylic acids is 1. The van der Waals surface area contributed by atoms with E-state index < -0.39 is 5.97 Å². The van der Waals surface area contributed by atoms with Gasteiger partial charge in [-0.15, -0.1) is 0 Å². The number of halogens is 2.